The third kappa shape index (κ3) is 4.11. The van der Waals surface area contributed by atoms with Crippen molar-refractivity contribution in [1.82, 2.24) is 10.2 Å². The normalized spacial score (nSPS) is 20.8. The van der Waals surface area contributed by atoms with Gasteiger partial charge in [0.1, 0.15) is 5.76 Å². The van der Waals surface area contributed by atoms with Gasteiger partial charge < -0.3 is 9.73 Å². The SMILES string of the molecule is CC(C)N(Cc1ccc(Br)o1)CC1CCCNC1. The second kappa shape index (κ2) is 6.73. The lowest BCUT2D eigenvalue weighted by Gasteiger charge is -2.32. The summed E-state index contributed by atoms with van der Waals surface area (Å²) in [6.07, 6.45) is 2.65. The Kier molecular flexibility index (Phi) is 5.27. The first-order valence-corrected chi connectivity index (χ1v) is 7.63. The summed E-state index contributed by atoms with van der Waals surface area (Å²) in [5, 5.41) is 3.49. The number of furan rings is 1. The third-order valence-corrected chi connectivity index (χ3v) is 4.04. The van der Waals surface area contributed by atoms with E-state index in [0.29, 0.717) is 6.04 Å². The average Bonchev–Trinajstić information content (AvgIpc) is 2.75. The predicted molar refractivity (Wildman–Crippen MR) is 77.5 cm³/mol. The minimum Gasteiger partial charge on any atom is -0.453 e. The first-order valence-electron chi connectivity index (χ1n) is 6.84. The van der Waals surface area contributed by atoms with Gasteiger partial charge in [0.05, 0.1) is 6.54 Å². The van der Waals surface area contributed by atoms with Crippen molar-refractivity contribution in [2.75, 3.05) is 19.6 Å². The molecule has 2 rings (SSSR count). The molecule has 3 nitrogen and oxygen atoms in total. The van der Waals surface area contributed by atoms with Crippen molar-refractivity contribution in [3.05, 3.63) is 22.6 Å². The van der Waals surface area contributed by atoms with Crippen LogP contribution in [0.4, 0.5) is 0 Å². The van der Waals surface area contributed by atoms with Gasteiger partial charge in [-0.25, -0.2) is 0 Å². The van der Waals surface area contributed by atoms with Crippen molar-refractivity contribution in [1.29, 1.82) is 0 Å². The third-order valence-electron chi connectivity index (χ3n) is 3.61. The Labute approximate surface area is 118 Å². The van der Waals surface area contributed by atoms with Crippen LogP contribution in [0, 0.1) is 5.92 Å². The highest BCUT2D eigenvalue weighted by Crippen LogP contribution is 2.19. The smallest absolute Gasteiger partial charge is 0.169 e. The second-order valence-corrected chi connectivity index (χ2v) is 6.22. The number of piperidine rings is 1. The fourth-order valence-electron chi connectivity index (χ4n) is 2.51. The lowest BCUT2D eigenvalue weighted by molar-refractivity contribution is 0.152. The lowest BCUT2D eigenvalue weighted by Crippen LogP contribution is -2.40. The number of rotatable bonds is 5. The Bertz CT molecular complexity index is 358. The molecule has 1 unspecified atom stereocenters. The maximum absolute atomic E-state index is 5.61. The van der Waals surface area contributed by atoms with Gasteiger partial charge >= 0.3 is 0 Å². The van der Waals surface area contributed by atoms with Crippen molar-refractivity contribution >= 4 is 15.9 Å². The largest absolute Gasteiger partial charge is 0.453 e. The zero-order chi connectivity index (χ0) is 13.0. The molecule has 1 aromatic heterocycles. The molecule has 1 atom stereocenters. The topological polar surface area (TPSA) is 28.4 Å². The van der Waals surface area contributed by atoms with E-state index in [2.05, 4.69) is 46.1 Å². The van der Waals surface area contributed by atoms with E-state index in [4.69, 9.17) is 4.42 Å². The van der Waals surface area contributed by atoms with Gasteiger partial charge in [0.15, 0.2) is 4.67 Å². The molecule has 0 aliphatic carbocycles. The number of halogens is 1. The fraction of sp³-hybridized carbons (Fsp3) is 0.714. The lowest BCUT2D eigenvalue weighted by atomic mass is 9.98. The van der Waals surface area contributed by atoms with E-state index in [0.717, 1.165) is 36.0 Å². The highest BCUT2D eigenvalue weighted by atomic mass is 79.9. The van der Waals surface area contributed by atoms with E-state index in [1.165, 1.54) is 19.4 Å². The van der Waals surface area contributed by atoms with Crippen LogP contribution in [-0.2, 0) is 6.54 Å². The number of hydrogen-bond donors (Lipinski definition) is 1. The van der Waals surface area contributed by atoms with Crippen LogP contribution in [0.2, 0.25) is 0 Å². The molecule has 1 saturated heterocycles. The standard InChI is InChI=1S/C14H23BrN2O/c1-11(2)17(9-12-4-3-7-16-8-12)10-13-5-6-14(15)18-13/h5-6,11-12,16H,3-4,7-10H2,1-2H3. The molecule has 0 radical (unpaired) electrons. The van der Waals surface area contributed by atoms with Gasteiger partial charge in [-0.15, -0.1) is 0 Å². The summed E-state index contributed by atoms with van der Waals surface area (Å²) in [6, 6.07) is 4.57. The molecular formula is C14H23BrN2O. The zero-order valence-corrected chi connectivity index (χ0v) is 12.9. The molecule has 1 fully saturated rings. The second-order valence-electron chi connectivity index (χ2n) is 5.44. The van der Waals surface area contributed by atoms with Crippen LogP contribution in [0.1, 0.15) is 32.4 Å². The van der Waals surface area contributed by atoms with Crippen LogP contribution in [0.5, 0.6) is 0 Å². The van der Waals surface area contributed by atoms with Crippen LogP contribution in [0.3, 0.4) is 0 Å². The Morgan fingerprint density at radius 2 is 2.33 bits per heavy atom. The van der Waals surface area contributed by atoms with Crippen LogP contribution in [0.25, 0.3) is 0 Å². The molecule has 0 amide bonds. The van der Waals surface area contributed by atoms with E-state index in [1.54, 1.807) is 0 Å². The maximum atomic E-state index is 5.61. The average molecular weight is 315 g/mol. The van der Waals surface area contributed by atoms with Gasteiger partial charge in [-0.2, -0.15) is 0 Å². The first-order chi connectivity index (χ1) is 8.65. The highest BCUT2D eigenvalue weighted by molar-refractivity contribution is 9.10. The molecule has 1 aromatic rings. The van der Waals surface area contributed by atoms with E-state index >= 15 is 0 Å². The Morgan fingerprint density at radius 3 is 2.89 bits per heavy atom. The fourth-order valence-corrected chi connectivity index (χ4v) is 2.85. The summed E-state index contributed by atoms with van der Waals surface area (Å²) < 4.78 is 6.43. The molecule has 1 N–H and O–H groups in total. The first kappa shape index (κ1) is 14.1. The summed E-state index contributed by atoms with van der Waals surface area (Å²) in [5.41, 5.74) is 0. The van der Waals surface area contributed by atoms with Gasteiger partial charge in [0.25, 0.3) is 0 Å². The Hall–Kier alpha value is -0.320. The number of nitrogens with zero attached hydrogens (tertiary/aromatic N) is 1. The quantitative estimate of drug-likeness (QED) is 0.904. The van der Waals surface area contributed by atoms with Crippen molar-refractivity contribution in [3.8, 4) is 0 Å². The molecule has 0 saturated carbocycles. The molecule has 0 spiro atoms. The molecule has 1 aliphatic rings. The van der Waals surface area contributed by atoms with Gasteiger partial charge in [-0.1, -0.05) is 0 Å². The van der Waals surface area contributed by atoms with E-state index in [-0.39, 0.29) is 0 Å². The molecule has 1 aliphatic heterocycles. The van der Waals surface area contributed by atoms with Gasteiger partial charge in [-0.05, 0) is 73.8 Å². The minimum absolute atomic E-state index is 0.552. The summed E-state index contributed by atoms with van der Waals surface area (Å²) in [7, 11) is 0. The molecule has 18 heavy (non-hydrogen) atoms. The van der Waals surface area contributed by atoms with Crippen LogP contribution in [-0.4, -0.2) is 30.6 Å². The van der Waals surface area contributed by atoms with E-state index in [1.807, 2.05) is 6.07 Å². The summed E-state index contributed by atoms with van der Waals surface area (Å²) >= 11 is 3.36. The monoisotopic (exact) mass is 314 g/mol. The zero-order valence-electron chi connectivity index (χ0n) is 11.3. The van der Waals surface area contributed by atoms with Crippen LogP contribution < -0.4 is 5.32 Å². The van der Waals surface area contributed by atoms with Gasteiger partial charge in [0, 0.05) is 12.6 Å². The van der Waals surface area contributed by atoms with Crippen molar-refractivity contribution in [2.45, 2.75) is 39.3 Å². The Balaban J connectivity index is 1.90. The number of hydrogen-bond acceptors (Lipinski definition) is 3. The van der Waals surface area contributed by atoms with Crippen molar-refractivity contribution in [3.63, 3.8) is 0 Å². The van der Waals surface area contributed by atoms with Gasteiger partial charge in [-0.3, -0.25) is 4.90 Å². The predicted octanol–water partition coefficient (Wildman–Crippen LogP) is 3.25. The van der Waals surface area contributed by atoms with E-state index < -0.39 is 0 Å². The maximum Gasteiger partial charge on any atom is 0.169 e. The highest BCUT2D eigenvalue weighted by Gasteiger charge is 2.19. The van der Waals surface area contributed by atoms with E-state index in [9.17, 15) is 0 Å². The minimum atomic E-state index is 0.552. The number of nitrogens with one attached hydrogen (secondary N) is 1. The molecule has 0 bridgehead atoms. The summed E-state index contributed by atoms with van der Waals surface area (Å²) in [4.78, 5) is 2.50. The van der Waals surface area contributed by atoms with Crippen molar-refractivity contribution in [2.24, 2.45) is 5.92 Å². The van der Waals surface area contributed by atoms with Crippen molar-refractivity contribution < 1.29 is 4.42 Å². The van der Waals surface area contributed by atoms with Crippen LogP contribution in [0.15, 0.2) is 21.2 Å². The summed E-state index contributed by atoms with van der Waals surface area (Å²) in [5.74, 6) is 1.82. The summed E-state index contributed by atoms with van der Waals surface area (Å²) in [6.45, 7) is 8.92. The molecule has 102 valence electrons. The Morgan fingerprint density at radius 1 is 1.50 bits per heavy atom. The molecule has 2 heterocycles. The molecule has 4 heteroatoms. The molecule has 0 aromatic carbocycles. The van der Waals surface area contributed by atoms with Gasteiger partial charge in [0.2, 0.25) is 0 Å². The van der Waals surface area contributed by atoms with Crippen LogP contribution >= 0.6 is 15.9 Å². The molecular weight excluding hydrogens is 292 g/mol.